The summed E-state index contributed by atoms with van der Waals surface area (Å²) in [6, 6.07) is 3.78. The minimum atomic E-state index is -0.521. The minimum absolute atomic E-state index is 0.0359. The first-order chi connectivity index (χ1) is 7.00. The summed E-state index contributed by atoms with van der Waals surface area (Å²) in [7, 11) is 3.43. The van der Waals surface area contributed by atoms with E-state index in [0.717, 1.165) is 0 Å². The fraction of sp³-hybridized carbons (Fsp3) is 0.222. The zero-order valence-electron chi connectivity index (χ0n) is 8.41. The second-order valence-electron chi connectivity index (χ2n) is 3.09. The number of phenolic OH excluding ortho intramolecular Hbond substituents is 1. The van der Waals surface area contributed by atoms with Crippen LogP contribution < -0.4 is 0 Å². The first kappa shape index (κ1) is 11.0. The number of non-ortho nitro benzene ring substituents is 1. The molecule has 0 unspecified atom stereocenters. The molecule has 6 nitrogen and oxygen atoms in total. The number of phenols is 1. The molecule has 0 saturated heterocycles. The molecule has 0 atom stereocenters. The molecular weight excluding hydrogens is 198 g/mol. The fourth-order valence-electron chi connectivity index (χ4n) is 0.937. The Labute approximate surface area is 86.6 Å². The summed E-state index contributed by atoms with van der Waals surface area (Å²) < 4.78 is 0. The van der Waals surface area contributed by atoms with Gasteiger partial charge in [0.2, 0.25) is 0 Å². The van der Waals surface area contributed by atoms with Gasteiger partial charge in [-0.25, -0.2) is 0 Å². The van der Waals surface area contributed by atoms with E-state index < -0.39 is 4.92 Å². The van der Waals surface area contributed by atoms with Crippen LogP contribution in [0.1, 0.15) is 5.56 Å². The van der Waals surface area contributed by atoms with Crippen molar-refractivity contribution in [3.8, 4) is 5.75 Å². The molecule has 1 aromatic rings. The predicted molar refractivity (Wildman–Crippen MR) is 56.0 cm³/mol. The van der Waals surface area contributed by atoms with Crippen molar-refractivity contribution >= 4 is 11.9 Å². The van der Waals surface area contributed by atoms with E-state index in [1.165, 1.54) is 29.4 Å². The fourth-order valence-corrected chi connectivity index (χ4v) is 0.937. The third-order valence-corrected chi connectivity index (χ3v) is 1.65. The summed E-state index contributed by atoms with van der Waals surface area (Å²) >= 11 is 0. The molecule has 0 radical (unpaired) electrons. The van der Waals surface area contributed by atoms with Crippen molar-refractivity contribution in [1.29, 1.82) is 0 Å². The molecule has 0 saturated carbocycles. The number of hydrogen-bond acceptors (Lipinski definition) is 5. The molecule has 0 amide bonds. The number of benzene rings is 1. The van der Waals surface area contributed by atoms with Gasteiger partial charge in [-0.3, -0.25) is 10.1 Å². The predicted octanol–water partition coefficient (Wildman–Crippen LogP) is 1.20. The number of nitrogens with zero attached hydrogens (tertiary/aromatic N) is 3. The van der Waals surface area contributed by atoms with Crippen LogP contribution in [0.5, 0.6) is 5.75 Å². The number of rotatable bonds is 3. The third kappa shape index (κ3) is 2.94. The summed E-state index contributed by atoms with van der Waals surface area (Å²) in [5.41, 5.74) is 0.242. The van der Waals surface area contributed by atoms with Crippen LogP contribution in [0.15, 0.2) is 23.3 Å². The minimum Gasteiger partial charge on any atom is -0.507 e. The van der Waals surface area contributed by atoms with E-state index in [-0.39, 0.29) is 11.4 Å². The Bertz CT molecular complexity index is 402. The molecule has 0 fully saturated rings. The van der Waals surface area contributed by atoms with Crippen molar-refractivity contribution < 1.29 is 10.0 Å². The molecule has 1 rings (SSSR count). The van der Waals surface area contributed by atoms with Gasteiger partial charge < -0.3 is 10.1 Å². The van der Waals surface area contributed by atoms with Crippen molar-refractivity contribution in [2.24, 2.45) is 5.10 Å². The highest BCUT2D eigenvalue weighted by molar-refractivity contribution is 5.84. The maximum atomic E-state index is 10.5. The second-order valence-corrected chi connectivity index (χ2v) is 3.09. The van der Waals surface area contributed by atoms with E-state index in [1.54, 1.807) is 14.1 Å². The molecule has 0 heterocycles. The van der Waals surface area contributed by atoms with Gasteiger partial charge in [0.05, 0.1) is 11.1 Å². The van der Waals surface area contributed by atoms with Crippen LogP contribution in [-0.4, -0.2) is 35.3 Å². The van der Waals surface area contributed by atoms with Gasteiger partial charge >= 0.3 is 0 Å². The van der Waals surface area contributed by atoms with Crippen molar-refractivity contribution in [2.45, 2.75) is 0 Å². The molecule has 0 aromatic heterocycles. The normalized spacial score (nSPS) is 10.5. The molecule has 15 heavy (non-hydrogen) atoms. The SMILES string of the molecule is CN(C)N=Cc1cc([N+](=O)[O-])ccc1O. The lowest BCUT2D eigenvalue weighted by molar-refractivity contribution is -0.384. The van der Waals surface area contributed by atoms with Gasteiger partial charge in [0.25, 0.3) is 5.69 Å². The second kappa shape index (κ2) is 4.41. The summed E-state index contributed by atoms with van der Waals surface area (Å²) in [6.45, 7) is 0. The molecule has 1 N–H and O–H groups in total. The third-order valence-electron chi connectivity index (χ3n) is 1.65. The van der Waals surface area contributed by atoms with Gasteiger partial charge in [-0.15, -0.1) is 0 Å². The molecule has 1 aromatic carbocycles. The largest absolute Gasteiger partial charge is 0.507 e. The first-order valence-corrected chi connectivity index (χ1v) is 4.19. The molecule has 0 spiro atoms. The summed E-state index contributed by atoms with van der Waals surface area (Å²) in [4.78, 5) is 9.95. The lowest BCUT2D eigenvalue weighted by Gasteiger charge is -2.03. The van der Waals surface area contributed by atoms with Crippen molar-refractivity contribution in [2.75, 3.05) is 14.1 Å². The van der Waals surface area contributed by atoms with Crippen LogP contribution in [0.2, 0.25) is 0 Å². The molecule has 0 bridgehead atoms. The molecule has 0 aliphatic carbocycles. The van der Waals surface area contributed by atoms with Crippen LogP contribution >= 0.6 is 0 Å². The monoisotopic (exact) mass is 209 g/mol. The number of hydrazone groups is 1. The molecule has 80 valence electrons. The van der Waals surface area contributed by atoms with Gasteiger partial charge in [-0.05, 0) is 6.07 Å². The van der Waals surface area contributed by atoms with Gasteiger partial charge in [0, 0.05) is 31.8 Å². The number of hydrogen-bond donors (Lipinski definition) is 1. The van der Waals surface area contributed by atoms with Crippen LogP contribution in [0, 0.1) is 10.1 Å². The molecular formula is C9H11N3O3. The summed E-state index contributed by atoms with van der Waals surface area (Å²) in [5.74, 6) is -0.0359. The average Bonchev–Trinajstić information content (AvgIpc) is 2.16. The van der Waals surface area contributed by atoms with Crippen molar-refractivity contribution in [3.63, 3.8) is 0 Å². The maximum absolute atomic E-state index is 10.5. The van der Waals surface area contributed by atoms with E-state index in [0.29, 0.717) is 5.56 Å². The standard InChI is InChI=1S/C9H11N3O3/c1-11(2)10-6-7-5-8(12(14)15)3-4-9(7)13/h3-6,13H,1-2H3. The highest BCUT2D eigenvalue weighted by atomic mass is 16.6. The lowest BCUT2D eigenvalue weighted by atomic mass is 10.2. The Morgan fingerprint density at radius 2 is 2.20 bits per heavy atom. The summed E-state index contributed by atoms with van der Waals surface area (Å²) in [6.07, 6.45) is 1.36. The first-order valence-electron chi connectivity index (χ1n) is 4.19. The van der Waals surface area contributed by atoms with E-state index in [1.807, 2.05) is 0 Å². The number of nitro benzene ring substituents is 1. The van der Waals surface area contributed by atoms with Gasteiger partial charge in [-0.1, -0.05) is 0 Å². The highest BCUT2D eigenvalue weighted by Gasteiger charge is 2.08. The Balaban J connectivity index is 3.05. The van der Waals surface area contributed by atoms with Gasteiger partial charge in [0.15, 0.2) is 0 Å². The quantitative estimate of drug-likeness (QED) is 0.460. The van der Waals surface area contributed by atoms with E-state index in [4.69, 9.17) is 0 Å². The van der Waals surface area contributed by atoms with Gasteiger partial charge in [-0.2, -0.15) is 5.10 Å². The zero-order valence-corrected chi connectivity index (χ0v) is 8.41. The van der Waals surface area contributed by atoms with Crippen molar-refractivity contribution in [1.82, 2.24) is 5.01 Å². The Morgan fingerprint density at radius 1 is 1.53 bits per heavy atom. The Hall–Kier alpha value is -2.11. The van der Waals surface area contributed by atoms with Crippen molar-refractivity contribution in [3.05, 3.63) is 33.9 Å². The molecule has 0 aliphatic heterocycles. The van der Waals surface area contributed by atoms with Crippen LogP contribution in [0.4, 0.5) is 5.69 Å². The van der Waals surface area contributed by atoms with E-state index in [2.05, 4.69) is 5.10 Å². The smallest absolute Gasteiger partial charge is 0.270 e. The maximum Gasteiger partial charge on any atom is 0.270 e. The molecule has 0 aliphatic rings. The zero-order chi connectivity index (χ0) is 11.4. The number of aromatic hydroxyl groups is 1. The van der Waals surface area contributed by atoms with Gasteiger partial charge in [0.1, 0.15) is 5.75 Å². The topological polar surface area (TPSA) is 79.0 Å². The van der Waals surface area contributed by atoms with E-state index in [9.17, 15) is 15.2 Å². The summed E-state index contributed by atoms with van der Waals surface area (Å²) in [5, 5.41) is 25.3. The lowest BCUT2D eigenvalue weighted by Crippen LogP contribution is -2.02. The average molecular weight is 209 g/mol. The van der Waals surface area contributed by atoms with Crippen LogP contribution in [0.25, 0.3) is 0 Å². The van der Waals surface area contributed by atoms with Crippen LogP contribution in [-0.2, 0) is 0 Å². The Morgan fingerprint density at radius 3 is 2.73 bits per heavy atom. The highest BCUT2D eigenvalue weighted by Crippen LogP contribution is 2.21. The van der Waals surface area contributed by atoms with Crippen LogP contribution in [0.3, 0.4) is 0 Å². The Kier molecular flexibility index (Phi) is 3.22. The number of nitro groups is 1. The molecule has 6 heteroatoms. The van der Waals surface area contributed by atoms with E-state index >= 15 is 0 Å².